The summed E-state index contributed by atoms with van der Waals surface area (Å²) in [5.41, 5.74) is 1.48. The number of fused-ring (bicyclic) bond motifs is 1. The lowest BCUT2D eigenvalue weighted by Crippen LogP contribution is -2.01. The van der Waals surface area contributed by atoms with E-state index in [1.165, 1.54) is 18.4 Å². The lowest BCUT2D eigenvalue weighted by molar-refractivity contribution is 0.0605. The number of carbonyl (C=O) groups is 1. The van der Waals surface area contributed by atoms with Crippen LogP contribution in [0.5, 0.6) is 5.75 Å². The number of rotatable bonds is 4. The molecule has 2 heterocycles. The predicted molar refractivity (Wildman–Crippen MR) is 94.8 cm³/mol. The molecule has 0 aliphatic rings. The van der Waals surface area contributed by atoms with Crippen LogP contribution in [0.4, 0.5) is 11.5 Å². The van der Waals surface area contributed by atoms with E-state index in [0.29, 0.717) is 21.3 Å². The summed E-state index contributed by atoms with van der Waals surface area (Å²) in [4.78, 5) is 21.5. The lowest BCUT2D eigenvalue weighted by Gasteiger charge is -2.11. The molecule has 8 heteroatoms. The first-order valence-electron chi connectivity index (χ1n) is 7.00. The van der Waals surface area contributed by atoms with E-state index < -0.39 is 5.97 Å². The number of hydrogen-bond donors (Lipinski definition) is 1. The highest BCUT2D eigenvalue weighted by atomic mass is 35.5. The first-order chi connectivity index (χ1) is 11.5. The molecule has 2 aromatic heterocycles. The van der Waals surface area contributed by atoms with Gasteiger partial charge in [-0.15, -0.1) is 11.3 Å². The van der Waals surface area contributed by atoms with Crippen LogP contribution in [0.2, 0.25) is 5.28 Å². The number of para-hydroxylation sites is 2. The smallest absolute Gasteiger partial charge is 0.348 e. The number of carbonyl (C=O) groups excluding carboxylic acids is 1. The van der Waals surface area contributed by atoms with Crippen LogP contribution in [0.15, 0.2) is 24.3 Å². The van der Waals surface area contributed by atoms with E-state index in [1.54, 1.807) is 7.11 Å². The highest BCUT2D eigenvalue weighted by Crippen LogP contribution is 2.37. The molecular formula is C16H14ClN3O3S. The maximum atomic E-state index is 11.9. The van der Waals surface area contributed by atoms with Gasteiger partial charge in [-0.05, 0) is 36.2 Å². The number of anilines is 2. The SMILES string of the molecule is COC(=O)c1sc2nc(Cl)nc(Nc3ccccc3OC)c2c1C. The topological polar surface area (TPSA) is 73.3 Å². The molecule has 0 saturated carbocycles. The van der Waals surface area contributed by atoms with Crippen molar-refractivity contribution in [3.63, 3.8) is 0 Å². The number of aryl methyl sites for hydroxylation is 1. The Balaban J connectivity index is 2.17. The number of aromatic nitrogens is 2. The molecular weight excluding hydrogens is 350 g/mol. The quantitative estimate of drug-likeness (QED) is 0.553. The third kappa shape index (κ3) is 2.88. The normalized spacial score (nSPS) is 10.7. The largest absolute Gasteiger partial charge is 0.495 e. The minimum atomic E-state index is -0.408. The van der Waals surface area contributed by atoms with Crippen LogP contribution in [-0.4, -0.2) is 30.2 Å². The Hall–Kier alpha value is -2.38. The first-order valence-corrected chi connectivity index (χ1v) is 8.19. The van der Waals surface area contributed by atoms with Gasteiger partial charge in [0.2, 0.25) is 5.28 Å². The van der Waals surface area contributed by atoms with Gasteiger partial charge in [0, 0.05) is 0 Å². The number of halogens is 1. The predicted octanol–water partition coefficient (Wildman–Crippen LogP) is 4.19. The molecule has 0 unspecified atom stereocenters. The minimum absolute atomic E-state index is 0.0950. The van der Waals surface area contributed by atoms with Crippen LogP contribution in [0, 0.1) is 6.92 Å². The van der Waals surface area contributed by atoms with Crippen LogP contribution in [0.3, 0.4) is 0 Å². The molecule has 0 atom stereocenters. The maximum Gasteiger partial charge on any atom is 0.348 e. The minimum Gasteiger partial charge on any atom is -0.495 e. The number of esters is 1. The molecule has 0 saturated heterocycles. The van der Waals surface area contributed by atoms with E-state index in [0.717, 1.165) is 16.6 Å². The summed E-state index contributed by atoms with van der Waals surface area (Å²) in [5.74, 6) is 0.773. The average Bonchev–Trinajstić information content (AvgIpc) is 2.91. The van der Waals surface area contributed by atoms with Crippen LogP contribution >= 0.6 is 22.9 Å². The van der Waals surface area contributed by atoms with E-state index in [-0.39, 0.29) is 5.28 Å². The molecule has 124 valence electrons. The number of ether oxygens (including phenoxy) is 2. The van der Waals surface area contributed by atoms with Gasteiger partial charge in [0.1, 0.15) is 21.3 Å². The lowest BCUT2D eigenvalue weighted by atomic mass is 10.2. The Bertz CT molecular complexity index is 926. The number of thiophene rings is 1. The van der Waals surface area contributed by atoms with Crippen molar-refractivity contribution < 1.29 is 14.3 Å². The van der Waals surface area contributed by atoms with E-state index in [9.17, 15) is 4.79 Å². The fourth-order valence-corrected chi connectivity index (χ4v) is 3.68. The Morgan fingerprint density at radius 3 is 2.71 bits per heavy atom. The van der Waals surface area contributed by atoms with Crippen molar-refractivity contribution in [1.29, 1.82) is 0 Å². The Kier molecular flexibility index (Phi) is 4.55. The second-order valence-corrected chi connectivity index (χ2v) is 6.23. The highest BCUT2D eigenvalue weighted by molar-refractivity contribution is 7.20. The van der Waals surface area contributed by atoms with E-state index >= 15 is 0 Å². The fourth-order valence-electron chi connectivity index (χ4n) is 2.37. The third-order valence-electron chi connectivity index (χ3n) is 3.49. The van der Waals surface area contributed by atoms with Gasteiger partial charge in [-0.25, -0.2) is 9.78 Å². The van der Waals surface area contributed by atoms with Crippen molar-refractivity contribution in [1.82, 2.24) is 9.97 Å². The summed E-state index contributed by atoms with van der Waals surface area (Å²) in [7, 11) is 2.94. The molecule has 0 fully saturated rings. The summed E-state index contributed by atoms with van der Waals surface area (Å²) >= 11 is 7.26. The molecule has 6 nitrogen and oxygen atoms in total. The summed E-state index contributed by atoms with van der Waals surface area (Å²) in [6.07, 6.45) is 0. The molecule has 0 aliphatic heterocycles. The van der Waals surface area contributed by atoms with Crippen LogP contribution in [0.1, 0.15) is 15.2 Å². The van der Waals surface area contributed by atoms with Crippen molar-refractivity contribution in [3.05, 3.63) is 40.0 Å². The van der Waals surface area contributed by atoms with Crippen LogP contribution < -0.4 is 10.1 Å². The van der Waals surface area contributed by atoms with Crippen molar-refractivity contribution in [2.45, 2.75) is 6.92 Å². The maximum absolute atomic E-state index is 11.9. The zero-order valence-corrected chi connectivity index (χ0v) is 14.8. The Morgan fingerprint density at radius 1 is 1.25 bits per heavy atom. The second-order valence-electron chi connectivity index (χ2n) is 4.89. The zero-order chi connectivity index (χ0) is 17.3. The molecule has 1 aromatic carbocycles. The molecule has 0 radical (unpaired) electrons. The van der Waals surface area contributed by atoms with E-state index in [4.69, 9.17) is 21.1 Å². The molecule has 3 aromatic rings. The number of nitrogens with one attached hydrogen (secondary N) is 1. The first kappa shape index (κ1) is 16.5. The van der Waals surface area contributed by atoms with Crippen molar-refractivity contribution in [2.75, 3.05) is 19.5 Å². The summed E-state index contributed by atoms with van der Waals surface area (Å²) in [6, 6.07) is 7.45. The molecule has 3 rings (SSSR count). The molecule has 1 N–H and O–H groups in total. The van der Waals surface area contributed by atoms with Gasteiger partial charge in [0.15, 0.2) is 0 Å². The molecule has 0 amide bonds. The van der Waals surface area contributed by atoms with Gasteiger partial charge >= 0.3 is 5.97 Å². The fraction of sp³-hybridized carbons (Fsp3) is 0.188. The summed E-state index contributed by atoms with van der Waals surface area (Å²) < 4.78 is 10.2. The number of methoxy groups -OCH3 is 2. The second kappa shape index (κ2) is 6.62. The third-order valence-corrected chi connectivity index (χ3v) is 4.83. The monoisotopic (exact) mass is 363 g/mol. The number of benzene rings is 1. The zero-order valence-electron chi connectivity index (χ0n) is 13.2. The van der Waals surface area contributed by atoms with Gasteiger partial charge in [-0.1, -0.05) is 12.1 Å². The van der Waals surface area contributed by atoms with Gasteiger partial charge in [-0.2, -0.15) is 4.98 Å². The Morgan fingerprint density at radius 2 is 2.00 bits per heavy atom. The van der Waals surface area contributed by atoms with Gasteiger partial charge in [0.25, 0.3) is 0 Å². The van der Waals surface area contributed by atoms with E-state index in [2.05, 4.69) is 15.3 Å². The number of hydrogen-bond acceptors (Lipinski definition) is 7. The van der Waals surface area contributed by atoms with E-state index in [1.807, 2.05) is 31.2 Å². The van der Waals surface area contributed by atoms with Crippen LogP contribution in [-0.2, 0) is 4.74 Å². The van der Waals surface area contributed by atoms with Crippen LogP contribution in [0.25, 0.3) is 10.2 Å². The van der Waals surface area contributed by atoms with Crippen molar-refractivity contribution in [3.8, 4) is 5.75 Å². The summed E-state index contributed by atoms with van der Waals surface area (Å²) in [6.45, 7) is 1.83. The highest BCUT2D eigenvalue weighted by Gasteiger charge is 2.21. The molecule has 0 aliphatic carbocycles. The number of nitrogens with zero attached hydrogens (tertiary/aromatic N) is 2. The van der Waals surface area contributed by atoms with Crippen molar-refractivity contribution in [2.24, 2.45) is 0 Å². The van der Waals surface area contributed by atoms with Gasteiger partial charge in [-0.3, -0.25) is 0 Å². The van der Waals surface area contributed by atoms with Gasteiger partial charge in [0.05, 0.1) is 25.3 Å². The van der Waals surface area contributed by atoms with Gasteiger partial charge < -0.3 is 14.8 Å². The standard InChI is InChI=1S/C16H14ClN3O3S/c1-8-11-13(18-9-6-4-5-7-10(9)22-2)19-16(17)20-14(11)24-12(8)15(21)23-3/h4-7H,1-3H3,(H,18,19,20). The summed E-state index contributed by atoms with van der Waals surface area (Å²) in [5, 5.41) is 4.04. The molecule has 0 spiro atoms. The average molecular weight is 364 g/mol. The Labute approximate surface area is 147 Å². The molecule has 0 bridgehead atoms. The van der Waals surface area contributed by atoms with Crippen molar-refractivity contribution >= 4 is 50.6 Å². The molecule has 24 heavy (non-hydrogen) atoms.